The first-order valence-corrected chi connectivity index (χ1v) is 7.26. The fourth-order valence-electron chi connectivity index (χ4n) is 2.20. The average molecular weight is 331 g/mol. The molecule has 1 aliphatic rings. The number of ether oxygens (including phenoxy) is 1. The van der Waals surface area contributed by atoms with Gasteiger partial charge < -0.3 is 14.1 Å². The zero-order valence-corrected chi connectivity index (χ0v) is 12.7. The van der Waals surface area contributed by atoms with Gasteiger partial charge in [-0.2, -0.15) is 0 Å². The van der Waals surface area contributed by atoms with Crippen molar-refractivity contribution in [2.45, 2.75) is 6.42 Å². The molecule has 0 bridgehead atoms. The number of hydrogen-bond donors (Lipinski definition) is 0. The molecule has 1 aromatic heterocycles. The largest absolute Gasteiger partial charge is 0.444 e. The van der Waals surface area contributed by atoms with E-state index >= 15 is 0 Å². The SMILES string of the molecule is COCCN1CCCN(C(=O)c2ccc(Br)o2)CC1. The van der Waals surface area contributed by atoms with Crippen LogP contribution in [0.3, 0.4) is 0 Å². The highest BCUT2D eigenvalue weighted by atomic mass is 79.9. The summed E-state index contributed by atoms with van der Waals surface area (Å²) in [4.78, 5) is 16.4. The molecule has 1 saturated heterocycles. The maximum absolute atomic E-state index is 12.3. The standard InChI is InChI=1S/C13H19BrN2O3/c1-18-10-9-15-5-2-6-16(8-7-15)13(17)11-3-4-12(14)19-11/h3-4H,2,5-10H2,1H3. The van der Waals surface area contributed by atoms with Crippen LogP contribution in [0, 0.1) is 0 Å². The van der Waals surface area contributed by atoms with Gasteiger partial charge in [-0.15, -0.1) is 0 Å². The lowest BCUT2D eigenvalue weighted by atomic mass is 10.3. The van der Waals surface area contributed by atoms with E-state index in [1.807, 2.05) is 4.90 Å². The molecule has 2 rings (SSSR count). The number of amides is 1. The predicted octanol–water partition coefficient (Wildman–Crippen LogP) is 1.84. The van der Waals surface area contributed by atoms with Gasteiger partial charge in [0.05, 0.1) is 6.61 Å². The highest BCUT2D eigenvalue weighted by Gasteiger charge is 2.22. The first kappa shape index (κ1) is 14.6. The van der Waals surface area contributed by atoms with Crippen LogP contribution >= 0.6 is 15.9 Å². The van der Waals surface area contributed by atoms with Gasteiger partial charge in [0.25, 0.3) is 5.91 Å². The zero-order chi connectivity index (χ0) is 13.7. The Balaban J connectivity index is 1.90. The number of carbonyl (C=O) groups excluding carboxylic acids is 1. The third kappa shape index (κ3) is 4.06. The van der Waals surface area contributed by atoms with Crippen molar-refractivity contribution in [2.24, 2.45) is 0 Å². The number of carbonyl (C=O) groups is 1. The smallest absolute Gasteiger partial charge is 0.289 e. The van der Waals surface area contributed by atoms with Crippen LogP contribution in [0.2, 0.25) is 0 Å². The Morgan fingerprint density at radius 3 is 2.89 bits per heavy atom. The summed E-state index contributed by atoms with van der Waals surface area (Å²) in [7, 11) is 1.71. The van der Waals surface area contributed by atoms with E-state index < -0.39 is 0 Å². The summed E-state index contributed by atoms with van der Waals surface area (Å²) in [6, 6.07) is 3.45. The molecule has 19 heavy (non-hydrogen) atoms. The predicted molar refractivity (Wildman–Crippen MR) is 75.2 cm³/mol. The fourth-order valence-corrected chi connectivity index (χ4v) is 2.51. The summed E-state index contributed by atoms with van der Waals surface area (Å²) >= 11 is 3.22. The lowest BCUT2D eigenvalue weighted by molar-refractivity contribution is 0.0726. The van der Waals surface area contributed by atoms with E-state index in [1.54, 1.807) is 19.2 Å². The number of hydrogen-bond acceptors (Lipinski definition) is 4. The minimum Gasteiger partial charge on any atom is -0.444 e. The summed E-state index contributed by atoms with van der Waals surface area (Å²) in [6.07, 6.45) is 0.983. The molecular weight excluding hydrogens is 312 g/mol. The van der Waals surface area contributed by atoms with Crippen LogP contribution in [0.25, 0.3) is 0 Å². The number of halogens is 1. The van der Waals surface area contributed by atoms with Crippen LogP contribution in [0.1, 0.15) is 17.0 Å². The van der Waals surface area contributed by atoms with Crippen molar-refractivity contribution in [3.63, 3.8) is 0 Å². The third-order valence-corrected chi connectivity index (χ3v) is 3.70. The Labute approximate surface area is 121 Å². The van der Waals surface area contributed by atoms with Gasteiger partial charge >= 0.3 is 0 Å². The monoisotopic (exact) mass is 330 g/mol. The highest BCUT2D eigenvalue weighted by Crippen LogP contribution is 2.16. The summed E-state index contributed by atoms with van der Waals surface area (Å²) in [5.74, 6) is 0.372. The van der Waals surface area contributed by atoms with E-state index in [-0.39, 0.29) is 5.91 Å². The minimum absolute atomic E-state index is 0.0284. The molecule has 5 nitrogen and oxygen atoms in total. The summed E-state index contributed by atoms with van der Waals surface area (Å²) in [5.41, 5.74) is 0. The molecule has 1 amide bonds. The lowest BCUT2D eigenvalue weighted by Gasteiger charge is -2.20. The molecule has 1 fully saturated rings. The molecule has 0 N–H and O–H groups in total. The Morgan fingerprint density at radius 1 is 1.37 bits per heavy atom. The van der Waals surface area contributed by atoms with Gasteiger partial charge in [-0.25, -0.2) is 0 Å². The Morgan fingerprint density at radius 2 is 2.21 bits per heavy atom. The maximum Gasteiger partial charge on any atom is 0.289 e. The number of rotatable bonds is 4. The lowest BCUT2D eigenvalue weighted by Crippen LogP contribution is -2.35. The fraction of sp³-hybridized carbons (Fsp3) is 0.615. The van der Waals surface area contributed by atoms with Gasteiger partial charge in [0.15, 0.2) is 10.4 Å². The van der Waals surface area contributed by atoms with Crippen LogP contribution in [0.4, 0.5) is 0 Å². The maximum atomic E-state index is 12.3. The second-order valence-corrected chi connectivity index (χ2v) is 5.37. The summed E-state index contributed by atoms with van der Waals surface area (Å²) in [5, 5.41) is 0. The molecule has 1 aliphatic heterocycles. The molecule has 2 heterocycles. The molecule has 6 heteroatoms. The quantitative estimate of drug-likeness (QED) is 0.845. The van der Waals surface area contributed by atoms with Crippen molar-refractivity contribution in [1.82, 2.24) is 9.80 Å². The molecular formula is C13H19BrN2O3. The molecule has 0 unspecified atom stereocenters. The minimum atomic E-state index is -0.0284. The van der Waals surface area contributed by atoms with Crippen molar-refractivity contribution in [3.8, 4) is 0 Å². The first-order valence-electron chi connectivity index (χ1n) is 6.46. The molecule has 0 radical (unpaired) electrons. The van der Waals surface area contributed by atoms with Crippen molar-refractivity contribution in [1.29, 1.82) is 0 Å². The zero-order valence-electron chi connectivity index (χ0n) is 11.1. The summed E-state index contributed by atoms with van der Waals surface area (Å²) < 4.78 is 11.0. The number of nitrogens with zero attached hydrogens (tertiary/aromatic N) is 2. The van der Waals surface area contributed by atoms with Crippen molar-refractivity contribution >= 4 is 21.8 Å². The van der Waals surface area contributed by atoms with Gasteiger partial charge in [0, 0.05) is 33.3 Å². The second kappa shape index (κ2) is 7.07. The van der Waals surface area contributed by atoms with Crippen molar-refractivity contribution in [2.75, 3.05) is 46.4 Å². The van der Waals surface area contributed by atoms with E-state index in [0.29, 0.717) is 10.4 Å². The van der Waals surface area contributed by atoms with Crippen LogP contribution in [-0.4, -0.2) is 62.1 Å². The molecule has 0 atom stereocenters. The number of furan rings is 1. The molecule has 106 valence electrons. The van der Waals surface area contributed by atoms with Gasteiger partial charge in [0.2, 0.25) is 0 Å². The number of methoxy groups -OCH3 is 1. The average Bonchev–Trinajstić information content (AvgIpc) is 2.71. The van der Waals surface area contributed by atoms with Crippen LogP contribution in [-0.2, 0) is 4.74 Å². The molecule has 0 saturated carbocycles. The highest BCUT2D eigenvalue weighted by molar-refractivity contribution is 9.10. The topological polar surface area (TPSA) is 45.9 Å². The van der Waals surface area contributed by atoms with Gasteiger partial charge in [0.1, 0.15) is 0 Å². The Bertz CT molecular complexity index is 422. The summed E-state index contributed by atoms with van der Waals surface area (Å²) in [6.45, 7) is 5.07. The van der Waals surface area contributed by atoms with Crippen LogP contribution in [0.15, 0.2) is 21.2 Å². The van der Waals surface area contributed by atoms with Gasteiger partial charge in [-0.05, 0) is 41.0 Å². The molecule has 0 aromatic carbocycles. The van der Waals surface area contributed by atoms with Crippen LogP contribution in [0.5, 0.6) is 0 Å². The van der Waals surface area contributed by atoms with E-state index in [0.717, 1.165) is 45.8 Å². The Kier molecular flexibility index (Phi) is 5.42. The van der Waals surface area contributed by atoms with Crippen LogP contribution < -0.4 is 0 Å². The molecule has 1 aromatic rings. The first-order chi connectivity index (χ1) is 9.20. The van der Waals surface area contributed by atoms with E-state index in [4.69, 9.17) is 9.15 Å². The molecule has 0 aliphatic carbocycles. The molecule has 0 spiro atoms. The van der Waals surface area contributed by atoms with Crippen molar-refractivity contribution in [3.05, 3.63) is 22.6 Å². The van der Waals surface area contributed by atoms with E-state index in [2.05, 4.69) is 20.8 Å². The Hall–Kier alpha value is -0.850. The normalized spacial score (nSPS) is 17.5. The van der Waals surface area contributed by atoms with Gasteiger partial charge in [-0.3, -0.25) is 9.69 Å². The third-order valence-electron chi connectivity index (χ3n) is 3.27. The van der Waals surface area contributed by atoms with Crippen molar-refractivity contribution < 1.29 is 13.9 Å². The second-order valence-electron chi connectivity index (χ2n) is 4.58. The van der Waals surface area contributed by atoms with Gasteiger partial charge in [-0.1, -0.05) is 0 Å². The van der Waals surface area contributed by atoms with E-state index in [9.17, 15) is 4.79 Å². The van der Waals surface area contributed by atoms with E-state index in [1.165, 1.54) is 0 Å².